The molecule has 22 heavy (non-hydrogen) atoms. The third kappa shape index (κ3) is 8.14. The van der Waals surface area contributed by atoms with Crippen molar-refractivity contribution in [2.24, 2.45) is 0 Å². The maximum Gasteiger partial charge on any atom is 1.00 e. The molecule has 0 saturated heterocycles. The molecule has 0 aliphatic carbocycles. The fourth-order valence-corrected chi connectivity index (χ4v) is 1.39. The predicted octanol–water partition coefficient (Wildman–Crippen LogP) is -1.68. The number of hydrogen-bond acceptors (Lipinski definition) is 6. The van der Waals surface area contributed by atoms with Crippen LogP contribution in [-0.2, 0) is 0 Å². The molecular formula is C14H19BN4NaO2. The van der Waals surface area contributed by atoms with Gasteiger partial charge in [0, 0.05) is 26.4 Å². The Kier molecular flexibility index (Phi) is 11.6. The molecule has 0 bridgehead atoms. The molecule has 2 aromatic heterocycles. The van der Waals surface area contributed by atoms with Crippen molar-refractivity contribution in [2.45, 2.75) is 20.0 Å². The van der Waals surface area contributed by atoms with E-state index in [-0.39, 0.29) is 45.2 Å². The Morgan fingerprint density at radius 1 is 1.18 bits per heavy atom. The third-order valence-electron chi connectivity index (χ3n) is 2.48. The molecule has 0 spiro atoms. The molecule has 0 saturated carbocycles. The number of ketones is 1. The first kappa shape index (κ1) is 22.9. The van der Waals surface area contributed by atoms with Crippen LogP contribution in [0.5, 0.6) is 0 Å². The van der Waals surface area contributed by atoms with E-state index < -0.39 is 6.10 Å². The summed E-state index contributed by atoms with van der Waals surface area (Å²) in [6.07, 6.45) is 2.63. The minimum absolute atomic E-state index is 0. The van der Waals surface area contributed by atoms with E-state index in [4.69, 9.17) is 16.6 Å². The van der Waals surface area contributed by atoms with E-state index in [2.05, 4.69) is 9.97 Å². The molecular weight excluding hydrogens is 290 g/mol. The van der Waals surface area contributed by atoms with E-state index in [1.54, 1.807) is 37.4 Å². The topological polar surface area (TPSA) is 115 Å². The van der Waals surface area contributed by atoms with Gasteiger partial charge in [0.25, 0.3) is 0 Å². The number of aliphatic hydroxyl groups is 1. The van der Waals surface area contributed by atoms with E-state index >= 15 is 0 Å². The largest absolute Gasteiger partial charge is 1.00 e. The van der Waals surface area contributed by atoms with Gasteiger partial charge < -0.3 is 18.0 Å². The van der Waals surface area contributed by atoms with Crippen molar-refractivity contribution in [3.05, 3.63) is 47.8 Å². The SMILES string of the molecule is CC(=O)c1ccnc(N)c1.CC(O)c1ccnc(N)c1.[B].[H-].[Na+]. The number of aliphatic hydroxyl groups excluding tert-OH is 1. The normalized spacial score (nSPS) is 10.1. The van der Waals surface area contributed by atoms with Crippen LogP contribution in [0.1, 0.15) is 37.3 Å². The van der Waals surface area contributed by atoms with Gasteiger partial charge in [0.1, 0.15) is 11.6 Å². The van der Waals surface area contributed by atoms with Crippen LogP contribution in [0, 0.1) is 0 Å². The molecule has 0 aromatic carbocycles. The van der Waals surface area contributed by atoms with Crippen LogP contribution in [0.3, 0.4) is 0 Å². The van der Waals surface area contributed by atoms with Gasteiger partial charge in [0.2, 0.25) is 0 Å². The number of Topliss-reactive ketones (excluding diaryl/α,β-unsaturated/α-hetero) is 1. The van der Waals surface area contributed by atoms with Crippen LogP contribution in [0.15, 0.2) is 36.7 Å². The quantitative estimate of drug-likeness (QED) is 0.451. The zero-order valence-electron chi connectivity index (χ0n) is 14.0. The maximum atomic E-state index is 10.7. The average Bonchev–Trinajstić information content (AvgIpc) is 2.39. The standard InChI is InChI=1S/C7H10N2O.C7H8N2O.B.Na.H/c2*1-5(10)6-2-3-9-7(8)4-6;;;/h2-5,10H,1H3,(H2,8,9);2-4H,1H3,(H2,8,9);;;/q;;;+1;-1. The first-order valence-electron chi connectivity index (χ1n) is 6.02. The number of rotatable bonds is 2. The summed E-state index contributed by atoms with van der Waals surface area (Å²) in [4.78, 5) is 18.3. The second-order valence-electron chi connectivity index (χ2n) is 4.22. The van der Waals surface area contributed by atoms with Gasteiger partial charge >= 0.3 is 29.6 Å². The molecule has 1 atom stereocenters. The number of anilines is 2. The van der Waals surface area contributed by atoms with E-state index in [1.807, 2.05) is 0 Å². The van der Waals surface area contributed by atoms with Gasteiger partial charge in [-0.1, -0.05) is 0 Å². The summed E-state index contributed by atoms with van der Waals surface area (Å²) in [5, 5.41) is 9.06. The molecule has 6 nitrogen and oxygen atoms in total. The van der Waals surface area contributed by atoms with Gasteiger partial charge in [-0.25, -0.2) is 9.97 Å². The van der Waals surface area contributed by atoms with Crippen LogP contribution in [0.25, 0.3) is 0 Å². The van der Waals surface area contributed by atoms with Gasteiger partial charge in [0.15, 0.2) is 5.78 Å². The van der Waals surface area contributed by atoms with E-state index in [0.29, 0.717) is 17.2 Å². The zero-order chi connectivity index (χ0) is 15.1. The van der Waals surface area contributed by atoms with Crippen LogP contribution in [0.2, 0.25) is 0 Å². The fraction of sp³-hybridized carbons (Fsp3) is 0.214. The summed E-state index contributed by atoms with van der Waals surface area (Å²) in [7, 11) is 0. The number of carbonyl (C=O) groups is 1. The Bertz CT molecular complexity index is 602. The number of aromatic nitrogens is 2. The molecule has 0 aliphatic heterocycles. The van der Waals surface area contributed by atoms with Crippen molar-refractivity contribution in [1.82, 2.24) is 9.97 Å². The van der Waals surface area contributed by atoms with Crippen LogP contribution in [-0.4, -0.2) is 29.3 Å². The van der Waals surface area contributed by atoms with Crippen molar-refractivity contribution < 1.29 is 40.9 Å². The smallest absolute Gasteiger partial charge is 1.00 e. The summed E-state index contributed by atoms with van der Waals surface area (Å²) in [5.74, 6) is 0.834. The van der Waals surface area contributed by atoms with Crippen LogP contribution in [0.4, 0.5) is 11.6 Å². The van der Waals surface area contributed by atoms with Crippen molar-refractivity contribution in [2.75, 3.05) is 11.5 Å². The summed E-state index contributed by atoms with van der Waals surface area (Å²) in [6.45, 7) is 3.18. The summed E-state index contributed by atoms with van der Waals surface area (Å²) in [5.41, 5.74) is 12.1. The number of pyridine rings is 2. The second-order valence-corrected chi connectivity index (χ2v) is 4.22. The molecule has 0 amide bonds. The van der Waals surface area contributed by atoms with E-state index in [9.17, 15) is 4.79 Å². The zero-order valence-corrected chi connectivity index (χ0v) is 15.0. The van der Waals surface area contributed by atoms with Crippen LogP contribution >= 0.6 is 0 Å². The molecule has 8 heteroatoms. The Balaban J connectivity index is -0.000000308. The molecule has 2 heterocycles. The molecule has 3 radical (unpaired) electrons. The number of nitrogen functional groups attached to an aromatic ring is 2. The molecule has 0 fully saturated rings. The van der Waals surface area contributed by atoms with Gasteiger partial charge in [-0.05, 0) is 43.7 Å². The molecule has 2 rings (SSSR count). The van der Waals surface area contributed by atoms with Gasteiger partial charge in [-0.3, -0.25) is 4.79 Å². The third-order valence-corrected chi connectivity index (χ3v) is 2.48. The van der Waals surface area contributed by atoms with Gasteiger partial charge in [-0.15, -0.1) is 0 Å². The molecule has 2 aromatic rings. The van der Waals surface area contributed by atoms with Gasteiger partial charge in [-0.2, -0.15) is 0 Å². The summed E-state index contributed by atoms with van der Waals surface area (Å²) < 4.78 is 0. The summed E-state index contributed by atoms with van der Waals surface area (Å²) in [6, 6.07) is 6.59. The number of nitrogens with zero attached hydrogens (tertiary/aromatic N) is 2. The first-order valence-corrected chi connectivity index (χ1v) is 6.02. The summed E-state index contributed by atoms with van der Waals surface area (Å²) >= 11 is 0. The van der Waals surface area contributed by atoms with Crippen molar-refractivity contribution in [3.8, 4) is 0 Å². The number of carbonyl (C=O) groups excluding carboxylic acids is 1. The molecule has 111 valence electrons. The van der Waals surface area contributed by atoms with Crippen molar-refractivity contribution in [3.63, 3.8) is 0 Å². The second kappa shape index (κ2) is 11.2. The Hall–Kier alpha value is -1.41. The van der Waals surface area contributed by atoms with E-state index in [1.165, 1.54) is 13.1 Å². The van der Waals surface area contributed by atoms with Crippen LogP contribution < -0.4 is 41.0 Å². The number of hydrogen-bond donors (Lipinski definition) is 3. The first-order chi connectivity index (χ1) is 9.40. The molecule has 1 unspecified atom stereocenters. The van der Waals surface area contributed by atoms with E-state index in [0.717, 1.165) is 5.56 Å². The average molecular weight is 309 g/mol. The molecule has 0 aliphatic rings. The van der Waals surface area contributed by atoms with Crippen molar-refractivity contribution in [1.29, 1.82) is 0 Å². The number of nitrogens with two attached hydrogens (primary N) is 2. The molecule has 5 N–H and O–H groups in total. The van der Waals surface area contributed by atoms with Crippen molar-refractivity contribution >= 4 is 25.8 Å². The Labute approximate surface area is 155 Å². The minimum Gasteiger partial charge on any atom is -1.00 e. The van der Waals surface area contributed by atoms with Gasteiger partial charge in [0.05, 0.1) is 6.10 Å². The Morgan fingerprint density at radius 2 is 1.68 bits per heavy atom. The maximum absolute atomic E-state index is 10.7. The Morgan fingerprint density at radius 3 is 2.00 bits per heavy atom. The fourth-order valence-electron chi connectivity index (χ4n) is 1.39. The predicted molar refractivity (Wildman–Crippen MR) is 84.8 cm³/mol. The minimum atomic E-state index is -0.467. The monoisotopic (exact) mass is 309 g/mol.